The molecule has 0 aromatic carbocycles. The molecule has 7 nitrogen and oxygen atoms in total. The van der Waals surface area contributed by atoms with E-state index in [4.69, 9.17) is 5.73 Å². The first kappa shape index (κ1) is 10.6. The molecule has 0 bridgehead atoms. The van der Waals surface area contributed by atoms with Gasteiger partial charge in [0.15, 0.2) is 0 Å². The van der Waals surface area contributed by atoms with Gasteiger partial charge in [0, 0.05) is 19.2 Å². The van der Waals surface area contributed by atoms with Gasteiger partial charge in [-0.2, -0.15) is 0 Å². The van der Waals surface area contributed by atoms with Crippen LogP contribution < -0.4 is 10.6 Å². The van der Waals surface area contributed by atoms with E-state index in [0.717, 1.165) is 0 Å². The maximum absolute atomic E-state index is 10.5. The topological polar surface area (TPSA) is 106 Å². The van der Waals surface area contributed by atoms with Crippen LogP contribution in [-0.4, -0.2) is 33.7 Å². The number of pyridine rings is 1. The molecule has 86 valence electrons. The zero-order valence-corrected chi connectivity index (χ0v) is 8.75. The summed E-state index contributed by atoms with van der Waals surface area (Å²) < 4.78 is 0. The Morgan fingerprint density at radius 2 is 2.25 bits per heavy atom. The van der Waals surface area contributed by atoms with Crippen LogP contribution >= 0.6 is 0 Å². The molecule has 0 radical (unpaired) electrons. The van der Waals surface area contributed by atoms with Crippen molar-refractivity contribution in [3.63, 3.8) is 0 Å². The Hall–Kier alpha value is -1.89. The fourth-order valence-electron chi connectivity index (χ4n) is 1.73. The van der Waals surface area contributed by atoms with Crippen LogP contribution in [0.5, 0.6) is 0 Å². The average Bonchev–Trinajstić information content (AvgIpc) is 2.13. The van der Waals surface area contributed by atoms with Gasteiger partial charge < -0.3 is 15.7 Å². The van der Waals surface area contributed by atoms with E-state index in [9.17, 15) is 15.2 Å². The van der Waals surface area contributed by atoms with Crippen LogP contribution in [0.15, 0.2) is 12.1 Å². The van der Waals surface area contributed by atoms with Crippen molar-refractivity contribution in [2.24, 2.45) is 0 Å². The third kappa shape index (κ3) is 1.76. The number of anilines is 2. The zero-order valence-electron chi connectivity index (χ0n) is 8.75. The largest absolute Gasteiger partial charge is 0.386 e. The Morgan fingerprint density at radius 1 is 1.62 bits per heavy atom. The Labute approximate surface area is 91.7 Å². The molecule has 0 unspecified atom stereocenters. The Morgan fingerprint density at radius 3 is 2.69 bits per heavy atom. The van der Waals surface area contributed by atoms with Gasteiger partial charge in [0.2, 0.25) is 5.82 Å². The summed E-state index contributed by atoms with van der Waals surface area (Å²) >= 11 is 0. The van der Waals surface area contributed by atoms with Crippen molar-refractivity contribution in [3.05, 3.63) is 22.2 Å². The van der Waals surface area contributed by atoms with Gasteiger partial charge in [-0.05, 0) is 13.0 Å². The lowest BCUT2D eigenvalue weighted by Crippen LogP contribution is -2.60. The zero-order chi connectivity index (χ0) is 11.9. The highest BCUT2D eigenvalue weighted by atomic mass is 16.6. The molecule has 0 aliphatic carbocycles. The van der Waals surface area contributed by atoms with Gasteiger partial charge in [-0.25, -0.2) is 4.98 Å². The molecule has 1 aliphatic rings. The van der Waals surface area contributed by atoms with Crippen LogP contribution in [-0.2, 0) is 0 Å². The summed E-state index contributed by atoms with van der Waals surface area (Å²) in [6.07, 6.45) is 0. The predicted octanol–water partition coefficient (Wildman–Crippen LogP) is 0.143. The summed E-state index contributed by atoms with van der Waals surface area (Å²) in [5.41, 5.74) is 4.56. The van der Waals surface area contributed by atoms with Gasteiger partial charge in [-0.3, -0.25) is 10.1 Å². The number of aliphatic hydroxyl groups is 1. The molecule has 3 N–H and O–H groups in total. The van der Waals surface area contributed by atoms with Crippen LogP contribution in [0.1, 0.15) is 6.92 Å². The molecule has 7 heteroatoms. The number of β-amino-alcohol motifs (C(OH)–C–C–N with tert-alkyl or cyclic N) is 1. The minimum absolute atomic E-state index is 0.103. The molecule has 0 atom stereocenters. The van der Waals surface area contributed by atoms with E-state index in [1.54, 1.807) is 11.8 Å². The van der Waals surface area contributed by atoms with Crippen LogP contribution in [0.25, 0.3) is 0 Å². The van der Waals surface area contributed by atoms with E-state index < -0.39 is 10.5 Å². The van der Waals surface area contributed by atoms with E-state index in [1.165, 1.54) is 12.1 Å². The maximum Gasteiger partial charge on any atom is 0.311 e. The summed E-state index contributed by atoms with van der Waals surface area (Å²) in [4.78, 5) is 15.7. The highest BCUT2D eigenvalue weighted by Gasteiger charge is 2.37. The number of nitrogen functional groups attached to an aromatic ring is 1. The van der Waals surface area contributed by atoms with Crippen molar-refractivity contribution < 1.29 is 10.0 Å². The van der Waals surface area contributed by atoms with Gasteiger partial charge in [-0.15, -0.1) is 0 Å². The minimum atomic E-state index is -0.710. The van der Waals surface area contributed by atoms with E-state index in [-0.39, 0.29) is 11.5 Å². The van der Waals surface area contributed by atoms with E-state index >= 15 is 0 Å². The number of nitro groups is 1. The summed E-state index contributed by atoms with van der Waals surface area (Å²) in [5.74, 6) is 0.448. The number of nitrogens with zero attached hydrogens (tertiary/aromatic N) is 3. The highest BCUT2D eigenvalue weighted by Crippen LogP contribution is 2.29. The van der Waals surface area contributed by atoms with Crippen molar-refractivity contribution >= 4 is 17.3 Å². The molecular weight excluding hydrogens is 212 g/mol. The normalized spacial score (nSPS) is 18.0. The second kappa shape index (κ2) is 3.31. The van der Waals surface area contributed by atoms with Gasteiger partial charge >= 0.3 is 5.69 Å². The average molecular weight is 224 g/mol. The lowest BCUT2D eigenvalue weighted by Gasteiger charge is -2.44. The summed E-state index contributed by atoms with van der Waals surface area (Å²) in [6.45, 7) is 2.63. The van der Waals surface area contributed by atoms with Crippen molar-refractivity contribution in [1.82, 2.24) is 4.98 Å². The van der Waals surface area contributed by atoms with E-state index in [0.29, 0.717) is 18.9 Å². The molecule has 0 amide bonds. The van der Waals surface area contributed by atoms with Crippen LogP contribution in [0, 0.1) is 10.1 Å². The summed E-state index contributed by atoms with van der Waals surface area (Å²) in [7, 11) is 0. The second-order valence-corrected chi connectivity index (χ2v) is 4.18. The standard InChI is InChI=1S/C9H12N4O3/c1-9(14)4-12(5-9)7-3-2-6(13(15)16)8(10)11-7/h2-3,14H,4-5H2,1H3,(H2,10,11). The molecule has 0 saturated carbocycles. The minimum Gasteiger partial charge on any atom is -0.386 e. The first-order chi connectivity index (χ1) is 7.39. The molecule has 1 aliphatic heterocycles. The van der Waals surface area contributed by atoms with Gasteiger partial charge in [0.1, 0.15) is 5.82 Å². The molecule has 1 aromatic heterocycles. The monoisotopic (exact) mass is 224 g/mol. The number of hydrogen-bond acceptors (Lipinski definition) is 6. The molecule has 0 spiro atoms. The quantitative estimate of drug-likeness (QED) is 0.547. The van der Waals surface area contributed by atoms with Crippen molar-refractivity contribution in [2.45, 2.75) is 12.5 Å². The summed E-state index contributed by atoms with van der Waals surface area (Å²) in [6, 6.07) is 2.86. The van der Waals surface area contributed by atoms with E-state index in [1.807, 2.05) is 0 Å². The maximum atomic E-state index is 10.5. The lowest BCUT2D eigenvalue weighted by atomic mass is 9.97. The highest BCUT2D eigenvalue weighted by molar-refractivity contribution is 5.59. The second-order valence-electron chi connectivity index (χ2n) is 4.18. The molecule has 2 heterocycles. The van der Waals surface area contributed by atoms with Crippen molar-refractivity contribution in [1.29, 1.82) is 0 Å². The van der Waals surface area contributed by atoms with Gasteiger partial charge in [-0.1, -0.05) is 0 Å². The molecule has 2 rings (SSSR count). The number of aromatic nitrogens is 1. The van der Waals surface area contributed by atoms with Crippen LogP contribution in [0.4, 0.5) is 17.3 Å². The lowest BCUT2D eigenvalue weighted by molar-refractivity contribution is -0.384. The smallest absolute Gasteiger partial charge is 0.311 e. The van der Waals surface area contributed by atoms with Gasteiger partial charge in [0.25, 0.3) is 0 Å². The first-order valence-electron chi connectivity index (χ1n) is 4.77. The molecular formula is C9H12N4O3. The molecule has 1 fully saturated rings. The Kier molecular flexibility index (Phi) is 2.20. The van der Waals surface area contributed by atoms with Crippen molar-refractivity contribution in [2.75, 3.05) is 23.7 Å². The number of rotatable bonds is 2. The molecule has 1 aromatic rings. The van der Waals surface area contributed by atoms with E-state index in [2.05, 4.69) is 4.98 Å². The predicted molar refractivity (Wildman–Crippen MR) is 58.1 cm³/mol. The third-order valence-corrected chi connectivity index (χ3v) is 2.47. The fraction of sp³-hybridized carbons (Fsp3) is 0.444. The Bertz CT molecular complexity index is 438. The van der Waals surface area contributed by atoms with Crippen LogP contribution in [0.3, 0.4) is 0 Å². The SMILES string of the molecule is CC1(O)CN(c2ccc([N+](=O)[O-])c(N)n2)C1. The summed E-state index contributed by atoms with van der Waals surface area (Å²) in [5, 5.41) is 20.1. The fourth-order valence-corrected chi connectivity index (χ4v) is 1.73. The number of hydrogen-bond donors (Lipinski definition) is 2. The number of nitrogens with two attached hydrogens (primary N) is 1. The first-order valence-corrected chi connectivity index (χ1v) is 4.77. The molecule has 16 heavy (non-hydrogen) atoms. The molecule has 1 saturated heterocycles. The Balaban J connectivity index is 2.20. The van der Waals surface area contributed by atoms with Crippen LogP contribution in [0.2, 0.25) is 0 Å². The van der Waals surface area contributed by atoms with Gasteiger partial charge in [0.05, 0.1) is 10.5 Å². The third-order valence-electron chi connectivity index (χ3n) is 2.47. The van der Waals surface area contributed by atoms with Crippen molar-refractivity contribution in [3.8, 4) is 0 Å².